The minimum atomic E-state index is -0.983. The molecule has 2 aromatic rings. The Morgan fingerprint density at radius 1 is 1.43 bits per heavy atom. The van der Waals surface area contributed by atoms with Crippen molar-refractivity contribution in [3.63, 3.8) is 0 Å². The van der Waals surface area contributed by atoms with Gasteiger partial charge in [-0.3, -0.25) is 4.79 Å². The number of hydrogen-bond acceptors (Lipinski definition) is 5. The lowest BCUT2D eigenvalue weighted by molar-refractivity contribution is -0.146. The number of hydrogen-bond donors (Lipinski definition) is 1. The Balaban J connectivity index is 1.76. The molecule has 1 aliphatic heterocycles. The Morgan fingerprint density at radius 3 is 3.00 bits per heavy atom. The minimum absolute atomic E-state index is 0.322. The number of fused-ring (bicyclic) bond motifs is 1. The van der Waals surface area contributed by atoms with Gasteiger partial charge in [0.05, 0.1) is 5.88 Å². The van der Waals surface area contributed by atoms with Crippen LogP contribution in [0.3, 0.4) is 0 Å². The van der Waals surface area contributed by atoms with Gasteiger partial charge >= 0.3 is 5.97 Å². The first-order valence-electron chi connectivity index (χ1n) is 6.30. The number of carbonyl (C=O) groups is 2. The van der Waals surface area contributed by atoms with Crippen LogP contribution in [-0.2, 0) is 9.59 Å². The van der Waals surface area contributed by atoms with E-state index in [0.29, 0.717) is 28.6 Å². The van der Waals surface area contributed by atoms with Crippen molar-refractivity contribution in [1.82, 2.24) is 9.88 Å². The highest BCUT2D eigenvalue weighted by molar-refractivity contribution is 7.99. The number of oxazole rings is 1. The highest BCUT2D eigenvalue weighted by atomic mass is 32.2. The lowest BCUT2D eigenvalue weighted by Gasteiger charge is -2.18. The second kappa shape index (κ2) is 5.61. The molecule has 1 fully saturated rings. The van der Waals surface area contributed by atoms with Gasteiger partial charge in [0.1, 0.15) is 11.6 Å². The second-order valence-electron chi connectivity index (χ2n) is 4.52. The lowest BCUT2D eigenvalue weighted by atomic mass is 10.3. The molecule has 1 N–H and O–H groups in total. The third-order valence-corrected chi connectivity index (χ3v) is 4.14. The topological polar surface area (TPSA) is 83.6 Å². The van der Waals surface area contributed by atoms with Crippen molar-refractivity contribution in [2.75, 3.05) is 11.6 Å². The molecule has 1 aromatic heterocycles. The fourth-order valence-corrected chi connectivity index (χ4v) is 3.22. The van der Waals surface area contributed by atoms with Crippen LogP contribution in [0.2, 0.25) is 0 Å². The summed E-state index contributed by atoms with van der Waals surface area (Å²) in [6, 6.07) is 6.53. The molecular formula is C14H12N2O4S. The SMILES string of the molecule is O=C(O)[C@@H]1CSCN1C(=O)/C=C/c1nc2ccccc2o1. The largest absolute Gasteiger partial charge is 0.480 e. The normalized spacial score (nSPS) is 18.7. The zero-order valence-corrected chi connectivity index (χ0v) is 11.7. The van der Waals surface area contributed by atoms with Crippen LogP contribution in [0.25, 0.3) is 17.2 Å². The number of benzene rings is 1. The van der Waals surface area contributed by atoms with Crippen LogP contribution >= 0.6 is 11.8 Å². The van der Waals surface area contributed by atoms with E-state index in [2.05, 4.69) is 4.98 Å². The van der Waals surface area contributed by atoms with E-state index >= 15 is 0 Å². The molecule has 0 aliphatic carbocycles. The monoisotopic (exact) mass is 304 g/mol. The molecule has 6 nitrogen and oxygen atoms in total. The molecule has 0 saturated carbocycles. The highest BCUT2D eigenvalue weighted by Gasteiger charge is 2.33. The number of amides is 1. The molecule has 1 aromatic carbocycles. The summed E-state index contributed by atoms with van der Waals surface area (Å²) < 4.78 is 5.47. The molecule has 1 atom stereocenters. The Morgan fingerprint density at radius 2 is 2.24 bits per heavy atom. The number of carboxylic acids is 1. The zero-order chi connectivity index (χ0) is 14.8. The van der Waals surface area contributed by atoms with E-state index in [9.17, 15) is 9.59 Å². The average Bonchev–Trinajstić information content (AvgIpc) is 3.10. The standard InChI is InChI=1S/C14H12N2O4S/c17-13(16-8-21-7-10(16)14(18)19)6-5-12-15-9-3-1-2-4-11(9)20-12/h1-6,10H,7-8H2,(H,18,19)/b6-5+/t10-/m0/s1. The van der Waals surface area contributed by atoms with Crippen LogP contribution in [0, 0.1) is 0 Å². The Kier molecular flexibility index (Phi) is 3.66. The molecule has 2 heterocycles. The summed E-state index contributed by atoms with van der Waals surface area (Å²) >= 11 is 1.42. The number of aromatic nitrogens is 1. The molecule has 1 aliphatic rings. The molecule has 108 valence electrons. The molecule has 7 heteroatoms. The average molecular weight is 304 g/mol. The van der Waals surface area contributed by atoms with Crippen molar-refractivity contribution in [3.05, 3.63) is 36.2 Å². The van der Waals surface area contributed by atoms with Crippen LogP contribution in [0.1, 0.15) is 5.89 Å². The third-order valence-electron chi connectivity index (χ3n) is 3.13. The number of carboxylic acid groups (broad SMARTS) is 1. The minimum Gasteiger partial charge on any atom is -0.480 e. The van der Waals surface area contributed by atoms with Gasteiger partial charge in [-0.05, 0) is 12.1 Å². The smallest absolute Gasteiger partial charge is 0.327 e. The Bertz CT molecular complexity index is 692. The fourth-order valence-electron chi connectivity index (χ4n) is 2.06. The van der Waals surface area contributed by atoms with Crippen LogP contribution < -0.4 is 0 Å². The van der Waals surface area contributed by atoms with E-state index in [-0.39, 0.29) is 5.91 Å². The van der Waals surface area contributed by atoms with Gasteiger partial charge in [-0.15, -0.1) is 11.8 Å². The van der Waals surface area contributed by atoms with E-state index in [1.54, 1.807) is 6.07 Å². The first-order chi connectivity index (χ1) is 10.1. The molecule has 0 radical (unpaired) electrons. The van der Waals surface area contributed by atoms with Crippen molar-refractivity contribution in [2.24, 2.45) is 0 Å². The van der Waals surface area contributed by atoms with Gasteiger partial charge in [0.15, 0.2) is 5.58 Å². The summed E-state index contributed by atoms with van der Waals surface area (Å²) in [6.07, 6.45) is 2.76. The Labute approximate surface area is 124 Å². The van der Waals surface area contributed by atoms with Gasteiger partial charge in [0.25, 0.3) is 0 Å². The molecule has 1 amide bonds. The number of carbonyl (C=O) groups excluding carboxylic acids is 1. The molecular weight excluding hydrogens is 292 g/mol. The van der Waals surface area contributed by atoms with Gasteiger partial charge in [-0.1, -0.05) is 12.1 Å². The molecule has 21 heavy (non-hydrogen) atoms. The van der Waals surface area contributed by atoms with Crippen LogP contribution in [0.4, 0.5) is 0 Å². The van der Waals surface area contributed by atoms with Crippen LogP contribution in [0.15, 0.2) is 34.8 Å². The Hall–Kier alpha value is -2.28. The van der Waals surface area contributed by atoms with Crippen molar-refractivity contribution in [2.45, 2.75) is 6.04 Å². The lowest BCUT2D eigenvalue weighted by Crippen LogP contribution is -2.40. The molecule has 0 spiro atoms. The number of rotatable bonds is 3. The van der Waals surface area contributed by atoms with E-state index in [1.165, 1.54) is 28.8 Å². The predicted molar refractivity (Wildman–Crippen MR) is 78.6 cm³/mol. The van der Waals surface area contributed by atoms with E-state index < -0.39 is 12.0 Å². The fraction of sp³-hybridized carbons (Fsp3) is 0.214. The predicted octanol–water partition coefficient (Wildman–Crippen LogP) is 1.83. The quantitative estimate of drug-likeness (QED) is 0.871. The van der Waals surface area contributed by atoms with E-state index in [4.69, 9.17) is 9.52 Å². The zero-order valence-electron chi connectivity index (χ0n) is 10.9. The summed E-state index contributed by atoms with van der Waals surface area (Å²) in [5.74, 6) is -0.215. The summed E-state index contributed by atoms with van der Waals surface area (Å²) in [7, 11) is 0. The number of nitrogens with zero attached hydrogens (tertiary/aromatic N) is 2. The number of para-hydroxylation sites is 2. The molecule has 0 unspecified atom stereocenters. The summed E-state index contributed by atoms with van der Waals surface area (Å²) in [4.78, 5) is 28.6. The maximum atomic E-state index is 12.0. The summed E-state index contributed by atoms with van der Waals surface area (Å²) in [5.41, 5.74) is 1.36. The van der Waals surface area contributed by atoms with Crippen molar-refractivity contribution >= 4 is 40.8 Å². The maximum absolute atomic E-state index is 12.0. The van der Waals surface area contributed by atoms with Crippen LogP contribution in [0.5, 0.6) is 0 Å². The van der Waals surface area contributed by atoms with Gasteiger partial charge in [0.2, 0.25) is 11.8 Å². The van der Waals surface area contributed by atoms with Crippen LogP contribution in [-0.4, -0.2) is 44.5 Å². The van der Waals surface area contributed by atoms with Gasteiger partial charge in [-0.2, -0.15) is 0 Å². The van der Waals surface area contributed by atoms with Gasteiger partial charge < -0.3 is 14.4 Å². The van der Waals surface area contributed by atoms with Crippen molar-refractivity contribution in [3.8, 4) is 0 Å². The maximum Gasteiger partial charge on any atom is 0.327 e. The summed E-state index contributed by atoms with van der Waals surface area (Å²) in [6.45, 7) is 0. The molecule has 1 saturated heterocycles. The van der Waals surface area contributed by atoms with Crippen molar-refractivity contribution < 1.29 is 19.1 Å². The summed E-state index contributed by atoms with van der Waals surface area (Å²) in [5, 5.41) is 9.05. The van der Waals surface area contributed by atoms with E-state index in [1.807, 2.05) is 18.2 Å². The van der Waals surface area contributed by atoms with Crippen molar-refractivity contribution in [1.29, 1.82) is 0 Å². The first kappa shape index (κ1) is 13.7. The van der Waals surface area contributed by atoms with Gasteiger partial charge in [-0.25, -0.2) is 9.78 Å². The third kappa shape index (κ3) is 2.78. The highest BCUT2D eigenvalue weighted by Crippen LogP contribution is 2.22. The second-order valence-corrected chi connectivity index (χ2v) is 5.51. The molecule has 3 rings (SSSR count). The first-order valence-corrected chi connectivity index (χ1v) is 7.45. The number of aliphatic carboxylic acids is 1. The van der Waals surface area contributed by atoms with Gasteiger partial charge in [0, 0.05) is 17.9 Å². The van der Waals surface area contributed by atoms with E-state index in [0.717, 1.165) is 0 Å². The number of thioether (sulfide) groups is 1. The molecule has 0 bridgehead atoms.